The number of aromatic nitrogens is 4. The summed E-state index contributed by atoms with van der Waals surface area (Å²) in [5.74, 6) is 1.42. The van der Waals surface area contributed by atoms with E-state index >= 15 is 0 Å². The highest BCUT2D eigenvalue weighted by atomic mass is 32.2. The van der Waals surface area contributed by atoms with Gasteiger partial charge in [0.2, 0.25) is 0 Å². The van der Waals surface area contributed by atoms with Gasteiger partial charge < -0.3 is 9.47 Å². The van der Waals surface area contributed by atoms with Crippen molar-refractivity contribution in [3.05, 3.63) is 52.7 Å². The standard InChI is InChI=1S/C19H19N5O4S/c1-27-14-8-6-13(7-9-14)17-21-22-19(23(17)12-15-4-3-11-28-15)29-18-16(24(25)26)5-2-10-20-18/h2,5-10,15H,3-4,11-12H2,1H3. The zero-order chi connectivity index (χ0) is 20.2. The molecular weight excluding hydrogens is 394 g/mol. The molecule has 1 saturated heterocycles. The molecule has 2 aromatic heterocycles. The van der Waals surface area contributed by atoms with Crippen LogP contribution < -0.4 is 4.74 Å². The molecule has 29 heavy (non-hydrogen) atoms. The second kappa shape index (κ2) is 8.58. The van der Waals surface area contributed by atoms with Crippen molar-refractivity contribution >= 4 is 17.4 Å². The fraction of sp³-hybridized carbons (Fsp3) is 0.316. The summed E-state index contributed by atoms with van der Waals surface area (Å²) >= 11 is 1.13. The van der Waals surface area contributed by atoms with E-state index in [-0.39, 0.29) is 16.8 Å². The second-order valence-corrected chi connectivity index (χ2v) is 7.42. The molecule has 1 aromatic carbocycles. The lowest BCUT2D eigenvalue weighted by Crippen LogP contribution is -2.16. The lowest BCUT2D eigenvalue weighted by molar-refractivity contribution is -0.388. The smallest absolute Gasteiger partial charge is 0.301 e. The van der Waals surface area contributed by atoms with E-state index < -0.39 is 4.92 Å². The molecule has 3 aromatic rings. The van der Waals surface area contributed by atoms with Crippen LogP contribution in [0, 0.1) is 10.1 Å². The molecule has 0 aliphatic carbocycles. The SMILES string of the molecule is COc1ccc(-c2nnc(Sc3ncccc3[N+](=O)[O-])n2CC2CCCO2)cc1. The van der Waals surface area contributed by atoms with Crippen LogP contribution in [0.2, 0.25) is 0 Å². The lowest BCUT2D eigenvalue weighted by atomic mass is 10.2. The van der Waals surface area contributed by atoms with Crippen molar-refractivity contribution in [1.29, 1.82) is 0 Å². The van der Waals surface area contributed by atoms with Crippen molar-refractivity contribution in [3.8, 4) is 17.1 Å². The Hall–Kier alpha value is -2.98. The molecule has 1 fully saturated rings. The first-order chi connectivity index (χ1) is 14.2. The molecule has 4 rings (SSSR count). The largest absolute Gasteiger partial charge is 0.497 e. The highest BCUT2D eigenvalue weighted by Gasteiger charge is 2.24. The van der Waals surface area contributed by atoms with Gasteiger partial charge in [-0.1, -0.05) is 0 Å². The minimum absolute atomic E-state index is 0.0565. The summed E-state index contributed by atoms with van der Waals surface area (Å²) in [5.41, 5.74) is 0.814. The summed E-state index contributed by atoms with van der Waals surface area (Å²) in [4.78, 5) is 15.1. The number of hydrogen-bond donors (Lipinski definition) is 0. The van der Waals surface area contributed by atoms with Gasteiger partial charge in [-0.25, -0.2) is 4.98 Å². The van der Waals surface area contributed by atoms with Crippen molar-refractivity contribution in [3.63, 3.8) is 0 Å². The highest BCUT2D eigenvalue weighted by Crippen LogP contribution is 2.34. The molecule has 0 spiro atoms. The average molecular weight is 413 g/mol. The number of ether oxygens (including phenoxy) is 2. The Labute approximate surface area is 171 Å². The lowest BCUT2D eigenvalue weighted by Gasteiger charge is -2.14. The van der Waals surface area contributed by atoms with Gasteiger partial charge in [0, 0.05) is 24.4 Å². The third kappa shape index (κ3) is 4.22. The molecule has 9 nitrogen and oxygen atoms in total. The zero-order valence-electron chi connectivity index (χ0n) is 15.7. The van der Waals surface area contributed by atoms with Gasteiger partial charge in [0.1, 0.15) is 5.75 Å². The van der Waals surface area contributed by atoms with Crippen LogP contribution in [0.25, 0.3) is 11.4 Å². The maximum atomic E-state index is 11.3. The van der Waals surface area contributed by atoms with Gasteiger partial charge in [0.25, 0.3) is 0 Å². The van der Waals surface area contributed by atoms with E-state index in [1.54, 1.807) is 13.2 Å². The summed E-state index contributed by atoms with van der Waals surface area (Å²) in [6.45, 7) is 1.30. The number of benzene rings is 1. The predicted octanol–water partition coefficient (Wildman–Crippen LogP) is 3.59. The molecule has 0 bridgehead atoms. The number of nitrogens with zero attached hydrogens (tertiary/aromatic N) is 5. The molecule has 3 heterocycles. The van der Waals surface area contributed by atoms with E-state index in [2.05, 4.69) is 15.2 Å². The second-order valence-electron chi connectivity index (χ2n) is 6.47. The van der Waals surface area contributed by atoms with Crippen LogP contribution in [0.15, 0.2) is 52.8 Å². The van der Waals surface area contributed by atoms with Crippen LogP contribution in [0.4, 0.5) is 5.69 Å². The average Bonchev–Trinajstić information content (AvgIpc) is 3.39. The molecule has 10 heteroatoms. The summed E-state index contributed by atoms with van der Waals surface area (Å²) in [7, 11) is 1.61. The van der Waals surface area contributed by atoms with Crippen LogP contribution in [0.1, 0.15) is 12.8 Å². The van der Waals surface area contributed by atoms with E-state index in [1.807, 2.05) is 28.8 Å². The molecule has 1 unspecified atom stereocenters. The number of nitro groups is 1. The van der Waals surface area contributed by atoms with Gasteiger partial charge in [0.15, 0.2) is 16.0 Å². The van der Waals surface area contributed by atoms with Gasteiger partial charge in [-0.3, -0.25) is 14.7 Å². The van der Waals surface area contributed by atoms with E-state index in [9.17, 15) is 10.1 Å². The van der Waals surface area contributed by atoms with Crippen molar-refractivity contribution in [1.82, 2.24) is 19.7 Å². The molecule has 0 amide bonds. The van der Waals surface area contributed by atoms with Gasteiger partial charge in [-0.15, -0.1) is 10.2 Å². The van der Waals surface area contributed by atoms with E-state index in [1.165, 1.54) is 12.3 Å². The monoisotopic (exact) mass is 413 g/mol. The van der Waals surface area contributed by atoms with Crippen LogP contribution in [-0.2, 0) is 11.3 Å². The molecule has 0 N–H and O–H groups in total. The molecular formula is C19H19N5O4S. The number of rotatable bonds is 7. The van der Waals surface area contributed by atoms with Crippen LogP contribution in [0.5, 0.6) is 5.75 Å². The number of methoxy groups -OCH3 is 1. The highest BCUT2D eigenvalue weighted by molar-refractivity contribution is 7.99. The van der Waals surface area contributed by atoms with Crippen molar-refractivity contribution in [2.45, 2.75) is 35.7 Å². The molecule has 1 aliphatic heterocycles. The van der Waals surface area contributed by atoms with Crippen LogP contribution in [0.3, 0.4) is 0 Å². The fourth-order valence-electron chi connectivity index (χ4n) is 3.16. The van der Waals surface area contributed by atoms with Crippen LogP contribution >= 0.6 is 11.8 Å². The molecule has 0 radical (unpaired) electrons. The van der Waals surface area contributed by atoms with Crippen molar-refractivity contribution in [2.24, 2.45) is 0 Å². The first-order valence-corrected chi connectivity index (χ1v) is 9.94. The summed E-state index contributed by atoms with van der Waals surface area (Å²) in [6.07, 6.45) is 3.55. The quantitative estimate of drug-likeness (QED) is 0.427. The van der Waals surface area contributed by atoms with Crippen molar-refractivity contribution < 1.29 is 14.4 Å². The Balaban J connectivity index is 1.71. The summed E-state index contributed by atoms with van der Waals surface area (Å²) in [5, 5.41) is 20.8. The Kier molecular flexibility index (Phi) is 5.72. The summed E-state index contributed by atoms with van der Waals surface area (Å²) < 4.78 is 13.0. The Morgan fingerprint density at radius 2 is 2.14 bits per heavy atom. The number of pyridine rings is 1. The van der Waals surface area contributed by atoms with E-state index in [0.717, 1.165) is 42.5 Å². The summed E-state index contributed by atoms with van der Waals surface area (Å²) in [6, 6.07) is 10.5. The Morgan fingerprint density at radius 1 is 1.31 bits per heavy atom. The van der Waals surface area contributed by atoms with Gasteiger partial charge in [0.05, 0.1) is 24.7 Å². The topological polar surface area (TPSA) is 105 Å². The molecule has 0 saturated carbocycles. The molecule has 1 aliphatic rings. The zero-order valence-corrected chi connectivity index (χ0v) is 16.5. The Morgan fingerprint density at radius 3 is 2.83 bits per heavy atom. The first-order valence-electron chi connectivity index (χ1n) is 9.12. The fourth-order valence-corrected chi connectivity index (χ4v) is 4.05. The third-order valence-corrected chi connectivity index (χ3v) is 5.60. The van der Waals surface area contributed by atoms with Crippen molar-refractivity contribution in [2.75, 3.05) is 13.7 Å². The predicted molar refractivity (Wildman–Crippen MR) is 106 cm³/mol. The molecule has 150 valence electrons. The van der Waals surface area contributed by atoms with Gasteiger partial charge in [-0.2, -0.15) is 0 Å². The van der Waals surface area contributed by atoms with Crippen LogP contribution in [-0.4, -0.2) is 44.5 Å². The third-order valence-electron chi connectivity index (χ3n) is 4.61. The van der Waals surface area contributed by atoms with E-state index in [0.29, 0.717) is 17.5 Å². The maximum Gasteiger partial charge on any atom is 0.301 e. The minimum Gasteiger partial charge on any atom is -0.497 e. The molecule has 1 atom stereocenters. The maximum absolute atomic E-state index is 11.3. The van der Waals surface area contributed by atoms with E-state index in [4.69, 9.17) is 9.47 Å². The number of hydrogen-bond acceptors (Lipinski definition) is 8. The van der Waals surface area contributed by atoms with Gasteiger partial charge in [-0.05, 0) is 54.9 Å². The Bertz CT molecular complexity index is 1000. The minimum atomic E-state index is -0.444. The first kappa shape index (κ1) is 19.3. The van der Waals surface area contributed by atoms with Gasteiger partial charge >= 0.3 is 5.69 Å². The normalized spacial score (nSPS) is 16.1.